The predicted octanol–water partition coefficient (Wildman–Crippen LogP) is 3.34. The number of alkyl halides is 2. The Morgan fingerprint density at radius 2 is 1.92 bits per heavy atom. The molecule has 0 bridgehead atoms. The quantitative estimate of drug-likeness (QED) is 0.672. The second-order valence-electron chi connectivity index (χ2n) is 6.91. The van der Waals surface area contributed by atoms with Gasteiger partial charge in [0.2, 0.25) is 0 Å². The van der Waals surface area contributed by atoms with Gasteiger partial charge in [-0.1, -0.05) is 6.07 Å². The molecule has 1 saturated heterocycles. The number of nitrogens with one attached hydrogen (secondary N) is 2. The number of nitrogens with two attached hydrogens (primary N) is 1. The molecule has 0 atom stereocenters. The van der Waals surface area contributed by atoms with Crippen LogP contribution in [0.4, 0.5) is 14.5 Å². The highest BCUT2D eigenvalue weighted by Gasteiger charge is 2.33. The molecule has 1 aromatic carbocycles. The van der Waals surface area contributed by atoms with Gasteiger partial charge in [0.1, 0.15) is 0 Å². The number of fused-ring (bicyclic) bond motifs is 1. The van der Waals surface area contributed by atoms with Crippen LogP contribution < -0.4 is 11.3 Å². The Labute approximate surface area is 148 Å². The lowest BCUT2D eigenvalue weighted by Gasteiger charge is -2.31. The molecular formula is C19H20F2N4O. The minimum Gasteiger partial charge on any atom is -0.398 e. The van der Waals surface area contributed by atoms with E-state index in [9.17, 15) is 13.6 Å². The third-order valence-corrected chi connectivity index (χ3v) is 4.89. The Morgan fingerprint density at radius 3 is 2.69 bits per heavy atom. The normalized spacial score (nSPS) is 17.6. The van der Waals surface area contributed by atoms with Crippen LogP contribution in [0, 0.1) is 0 Å². The van der Waals surface area contributed by atoms with Gasteiger partial charge in [0.05, 0.1) is 11.3 Å². The molecule has 3 heterocycles. The SMILES string of the molecule is Nc1c[nH]c(=O)c(-c2cc3cc(CN4CCC(F)(F)CC4)ccc3[nH]2)c1. The van der Waals surface area contributed by atoms with Crippen molar-refractivity contribution < 1.29 is 8.78 Å². The second-order valence-corrected chi connectivity index (χ2v) is 6.91. The van der Waals surface area contributed by atoms with Gasteiger partial charge >= 0.3 is 0 Å². The predicted molar refractivity (Wildman–Crippen MR) is 98.2 cm³/mol. The van der Waals surface area contributed by atoms with Crippen molar-refractivity contribution in [3.05, 3.63) is 52.4 Å². The maximum Gasteiger partial charge on any atom is 0.257 e. The molecule has 5 nitrogen and oxygen atoms in total. The minimum atomic E-state index is -2.53. The molecule has 26 heavy (non-hydrogen) atoms. The highest BCUT2D eigenvalue weighted by atomic mass is 19.3. The molecule has 4 N–H and O–H groups in total. The molecule has 1 fully saturated rings. The van der Waals surface area contributed by atoms with E-state index in [-0.39, 0.29) is 18.4 Å². The highest BCUT2D eigenvalue weighted by Crippen LogP contribution is 2.29. The van der Waals surface area contributed by atoms with Crippen LogP contribution in [0.25, 0.3) is 22.2 Å². The summed E-state index contributed by atoms with van der Waals surface area (Å²) in [6, 6.07) is 9.51. The Morgan fingerprint density at radius 1 is 1.15 bits per heavy atom. The molecule has 0 amide bonds. The van der Waals surface area contributed by atoms with Gasteiger partial charge in [0.25, 0.3) is 11.5 Å². The number of rotatable bonds is 3. The number of H-pyrrole nitrogens is 2. The summed E-state index contributed by atoms with van der Waals surface area (Å²) < 4.78 is 26.6. The molecule has 3 aromatic rings. The standard InChI is InChI=1S/C19H20F2N4O/c20-19(21)3-5-25(6-4-19)11-12-1-2-16-13(7-12)8-17(24-16)15-9-14(22)10-23-18(15)26/h1-2,7-10,24H,3-6,11,22H2,(H,23,26). The number of likely N-dealkylation sites (tertiary alicyclic amines) is 1. The van der Waals surface area contributed by atoms with Crippen molar-refractivity contribution >= 4 is 16.6 Å². The zero-order valence-corrected chi connectivity index (χ0v) is 14.2. The van der Waals surface area contributed by atoms with Gasteiger partial charge in [0, 0.05) is 55.3 Å². The Bertz CT molecular complexity index is 998. The monoisotopic (exact) mass is 358 g/mol. The largest absolute Gasteiger partial charge is 0.398 e. The van der Waals surface area contributed by atoms with E-state index in [2.05, 4.69) is 14.9 Å². The van der Waals surface area contributed by atoms with Gasteiger partial charge in [-0.2, -0.15) is 0 Å². The number of benzene rings is 1. The first-order valence-corrected chi connectivity index (χ1v) is 8.60. The topological polar surface area (TPSA) is 77.9 Å². The number of nitrogens with zero attached hydrogens (tertiary/aromatic N) is 1. The lowest BCUT2D eigenvalue weighted by molar-refractivity contribution is -0.0566. The highest BCUT2D eigenvalue weighted by molar-refractivity contribution is 5.86. The van der Waals surface area contributed by atoms with E-state index in [0.29, 0.717) is 36.6 Å². The van der Waals surface area contributed by atoms with Crippen LogP contribution in [-0.4, -0.2) is 33.9 Å². The molecule has 0 aliphatic carbocycles. The van der Waals surface area contributed by atoms with Crippen LogP contribution in [0.5, 0.6) is 0 Å². The smallest absolute Gasteiger partial charge is 0.257 e. The van der Waals surface area contributed by atoms with Crippen LogP contribution in [0.3, 0.4) is 0 Å². The first-order chi connectivity index (χ1) is 12.4. The van der Waals surface area contributed by atoms with Crippen molar-refractivity contribution in [1.82, 2.24) is 14.9 Å². The van der Waals surface area contributed by atoms with Crippen LogP contribution in [0.1, 0.15) is 18.4 Å². The third-order valence-electron chi connectivity index (χ3n) is 4.89. The van der Waals surface area contributed by atoms with E-state index in [0.717, 1.165) is 16.5 Å². The van der Waals surface area contributed by atoms with Crippen molar-refractivity contribution in [2.45, 2.75) is 25.3 Å². The maximum atomic E-state index is 13.3. The Kier molecular flexibility index (Phi) is 4.03. The van der Waals surface area contributed by atoms with E-state index in [1.165, 1.54) is 6.20 Å². The fraction of sp³-hybridized carbons (Fsp3) is 0.316. The third kappa shape index (κ3) is 3.35. The Hall–Kier alpha value is -2.67. The van der Waals surface area contributed by atoms with Crippen LogP contribution in [0.15, 0.2) is 41.3 Å². The fourth-order valence-corrected chi connectivity index (χ4v) is 3.42. The maximum absolute atomic E-state index is 13.3. The number of aromatic amines is 2. The summed E-state index contributed by atoms with van der Waals surface area (Å²) >= 11 is 0. The second kappa shape index (κ2) is 6.25. The van der Waals surface area contributed by atoms with Crippen molar-refractivity contribution in [3.8, 4) is 11.3 Å². The number of anilines is 1. The van der Waals surface area contributed by atoms with Crippen molar-refractivity contribution in [3.63, 3.8) is 0 Å². The summed E-state index contributed by atoms with van der Waals surface area (Å²) in [6.07, 6.45) is 1.30. The molecule has 1 aliphatic rings. The summed E-state index contributed by atoms with van der Waals surface area (Å²) in [5.74, 6) is -2.53. The van der Waals surface area contributed by atoms with Gasteiger partial charge in [-0.3, -0.25) is 9.69 Å². The van der Waals surface area contributed by atoms with E-state index < -0.39 is 5.92 Å². The van der Waals surface area contributed by atoms with E-state index in [1.807, 2.05) is 24.3 Å². The van der Waals surface area contributed by atoms with Crippen LogP contribution in [0.2, 0.25) is 0 Å². The average molecular weight is 358 g/mol. The van der Waals surface area contributed by atoms with Crippen LogP contribution in [-0.2, 0) is 6.54 Å². The summed E-state index contributed by atoms with van der Waals surface area (Å²) in [4.78, 5) is 19.9. The van der Waals surface area contributed by atoms with E-state index >= 15 is 0 Å². The molecule has 7 heteroatoms. The molecule has 4 rings (SSSR count). The summed E-state index contributed by atoms with van der Waals surface area (Å²) in [7, 11) is 0. The molecule has 0 saturated carbocycles. The summed E-state index contributed by atoms with van der Waals surface area (Å²) in [5, 5.41) is 0.974. The molecule has 0 radical (unpaired) electrons. The van der Waals surface area contributed by atoms with Crippen LogP contribution >= 0.6 is 0 Å². The van der Waals surface area contributed by atoms with E-state index in [1.54, 1.807) is 6.07 Å². The number of halogens is 2. The zero-order chi connectivity index (χ0) is 18.3. The average Bonchev–Trinajstić information content (AvgIpc) is 3.02. The van der Waals surface area contributed by atoms with Crippen molar-refractivity contribution in [1.29, 1.82) is 0 Å². The van der Waals surface area contributed by atoms with Gasteiger partial charge < -0.3 is 15.7 Å². The number of hydrogen-bond donors (Lipinski definition) is 3. The molecule has 2 aromatic heterocycles. The number of hydrogen-bond acceptors (Lipinski definition) is 3. The molecule has 136 valence electrons. The number of aromatic nitrogens is 2. The number of piperidine rings is 1. The first kappa shape index (κ1) is 16.8. The lowest BCUT2D eigenvalue weighted by Crippen LogP contribution is -2.38. The van der Waals surface area contributed by atoms with Gasteiger partial charge in [-0.05, 0) is 29.8 Å². The Balaban J connectivity index is 1.58. The fourth-order valence-electron chi connectivity index (χ4n) is 3.42. The minimum absolute atomic E-state index is 0.0816. The van der Waals surface area contributed by atoms with Gasteiger partial charge in [-0.25, -0.2) is 8.78 Å². The molecule has 1 aliphatic heterocycles. The zero-order valence-electron chi connectivity index (χ0n) is 14.2. The number of nitrogen functional groups attached to an aromatic ring is 1. The first-order valence-electron chi connectivity index (χ1n) is 8.60. The van der Waals surface area contributed by atoms with Crippen molar-refractivity contribution in [2.75, 3.05) is 18.8 Å². The molecular weight excluding hydrogens is 338 g/mol. The lowest BCUT2D eigenvalue weighted by atomic mass is 10.1. The van der Waals surface area contributed by atoms with Gasteiger partial charge in [-0.15, -0.1) is 0 Å². The van der Waals surface area contributed by atoms with E-state index in [4.69, 9.17) is 5.73 Å². The summed E-state index contributed by atoms with van der Waals surface area (Å²) in [5.41, 5.74) is 9.20. The molecule has 0 spiro atoms. The molecule has 0 unspecified atom stereocenters. The van der Waals surface area contributed by atoms with Crippen molar-refractivity contribution in [2.24, 2.45) is 0 Å². The summed E-state index contributed by atoms with van der Waals surface area (Å²) in [6.45, 7) is 1.45. The van der Waals surface area contributed by atoms with Gasteiger partial charge in [0.15, 0.2) is 0 Å². The number of pyridine rings is 1.